The molecule has 8 nitrogen and oxygen atoms in total. The van der Waals surface area contributed by atoms with Crippen molar-refractivity contribution in [3.05, 3.63) is 130 Å². The first-order chi connectivity index (χ1) is 26.2. The summed E-state index contributed by atoms with van der Waals surface area (Å²) in [7, 11) is 0. The molecule has 0 amide bonds. The Morgan fingerprint density at radius 1 is 0.679 bits per heavy atom. The van der Waals surface area contributed by atoms with E-state index in [2.05, 4.69) is 123 Å². The van der Waals surface area contributed by atoms with Crippen molar-refractivity contribution in [3.8, 4) is 0 Å². The molecule has 0 saturated carbocycles. The second kappa shape index (κ2) is 22.5. The number of aliphatic carboxylic acids is 2. The van der Waals surface area contributed by atoms with Crippen molar-refractivity contribution >= 4 is 23.9 Å². The van der Waals surface area contributed by atoms with Crippen LogP contribution in [0.15, 0.2) is 130 Å². The minimum Gasteiger partial charge on any atom is -0.481 e. The van der Waals surface area contributed by atoms with Gasteiger partial charge in [0.25, 0.3) is 0 Å². The Morgan fingerprint density at radius 2 is 1.16 bits per heavy atom. The zero-order chi connectivity index (χ0) is 42.1. The number of allylic oxidation sites excluding steroid dienone is 20. The van der Waals surface area contributed by atoms with Crippen LogP contribution in [0.4, 0.5) is 0 Å². The second-order valence-corrected chi connectivity index (χ2v) is 16.4. The number of carbonyl (C=O) groups excluding carboxylic acids is 2. The Kier molecular flexibility index (Phi) is 19.0. The molecule has 2 rings (SSSR count). The number of carboxylic acid groups (broad SMARTS) is 2. The van der Waals surface area contributed by atoms with Crippen LogP contribution in [0.25, 0.3) is 0 Å². The minimum absolute atomic E-state index is 0.107. The Bertz CT molecular complexity index is 1780. The molecule has 0 bridgehead atoms. The summed E-state index contributed by atoms with van der Waals surface area (Å²) < 4.78 is 11.1. The van der Waals surface area contributed by atoms with Crippen LogP contribution in [0, 0.1) is 16.7 Å². The highest BCUT2D eigenvalue weighted by atomic mass is 16.5. The number of esters is 2. The van der Waals surface area contributed by atoms with Gasteiger partial charge < -0.3 is 19.7 Å². The molecule has 0 aromatic rings. The van der Waals surface area contributed by atoms with Crippen LogP contribution in [0.5, 0.6) is 0 Å². The van der Waals surface area contributed by atoms with E-state index in [-0.39, 0.29) is 54.6 Å². The molecule has 304 valence electrons. The summed E-state index contributed by atoms with van der Waals surface area (Å²) in [5.74, 6) is -2.75. The van der Waals surface area contributed by atoms with Gasteiger partial charge in [0.1, 0.15) is 12.2 Å². The highest BCUT2D eigenvalue weighted by Gasteiger charge is 2.37. The van der Waals surface area contributed by atoms with Crippen LogP contribution in [0.3, 0.4) is 0 Å². The standard InChI is InChI=1S/C48H64O8/c1-33(17-13-19-35(3)21-23-41-37(5)29-39(31-47(41,7)8)55-45(53)27-25-43(49)50)15-11-12-16-34(2)18-14-20-36(4)22-24-42-38(6)30-40(32-48(42,9)10)56-46(54)28-26-44(51)52/h11-24,29,39-41H,25-28,30-32H2,1-10H3,(H,49,50)(H,51,52)/b12-11+,17-13+,18-14+,23-21+,24-22+,33-15+,34-16+,35-19+,36-20+. The van der Waals surface area contributed by atoms with Crippen molar-refractivity contribution in [1.29, 1.82) is 0 Å². The molecule has 2 N–H and O–H groups in total. The smallest absolute Gasteiger partial charge is 0.306 e. The molecule has 0 aromatic heterocycles. The van der Waals surface area contributed by atoms with Gasteiger partial charge in [0, 0.05) is 12.3 Å². The van der Waals surface area contributed by atoms with Gasteiger partial charge >= 0.3 is 23.9 Å². The minimum atomic E-state index is -1.01. The van der Waals surface area contributed by atoms with E-state index < -0.39 is 23.9 Å². The average Bonchev–Trinajstić information content (AvgIpc) is 3.07. The van der Waals surface area contributed by atoms with Gasteiger partial charge in [-0.25, -0.2) is 0 Å². The van der Waals surface area contributed by atoms with Crippen LogP contribution in [0.2, 0.25) is 0 Å². The molecule has 3 unspecified atom stereocenters. The highest BCUT2D eigenvalue weighted by molar-refractivity contribution is 5.77. The molecular weight excluding hydrogens is 705 g/mol. The van der Waals surface area contributed by atoms with Crippen molar-refractivity contribution in [2.24, 2.45) is 16.7 Å². The van der Waals surface area contributed by atoms with Crippen molar-refractivity contribution in [3.63, 3.8) is 0 Å². The SMILES string of the molecule is CC1=CC(OC(=O)CCC(=O)O)CC(C)(C)C1/C=C/C(C)=C/C=C/C(C)=C/C=C/C=C(C)/C=C/C=C(C)/C=C/C1=C(C)CC(OC(=O)CCC(=O)O)CC1(C)C. The molecule has 0 spiro atoms. The van der Waals surface area contributed by atoms with E-state index in [0.29, 0.717) is 19.3 Å². The predicted molar refractivity (Wildman–Crippen MR) is 226 cm³/mol. The van der Waals surface area contributed by atoms with Crippen molar-refractivity contribution in [2.75, 3.05) is 0 Å². The fraction of sp³-hybridized carbons (Fsp3) is 0.458. The van der Waals surface area contributed by atoms with E-state index in [4.69, 9.17) is 19.7 Å². The van der Waals surface area contributed by atoms with E-state index in [0.717, 1.165) is 27.9 Å². The molecule has 3 atom stereocenters. The maximum Gasteiger partial charge on any atom is 0.306 e. The van der Waals surface area contributed by atoms with E-state index >= 15 is 0 Å². The van der Waals surface area contributed by atoms with Gasteiger partial charge in [0.2, 0.25) is 0 Å². The topological polar surface area (TPSA) is 127 Å². The zero-order valence-corrected chi connectivity index (χ0v) is 35.2. The summed E-state index contributed by atoms with van der Waals surface area (Å²) in [6, 6.07) is 0. The van der Waals surface area contributed by atoms with Crippen molar-refractivity contribution < 1.29 is 38.9 Å². The number of hydrogen-bond donors (Lipinski definition) is 2. The maximum absolute atomic E-state index is 12.1. The van der Waals surface area contributed by atoms with Crippen LogP contribution in [-0.4, -0.2) is 46.3 Å². The van der Waals surface area contributed by atoms with Gasteiger partial charge in [0.15, 0.2) is 0 Å². The third-order valence-electron chi connectivity index (χ3n) is 9.97. The first-order valence-electron chi connectivity index (χ1n) is 19.5. The molecular formula is C48H64O8. The first kappa shape index (κ1) is 47.2. The third-order valence-corrected chi connectivity index (χ3v) is 9.97. The van der Waals surface area contributed by atoms with Gasteiger partial charge in [-0.05, 0) is 76.9 Å². The van der Waals surface area contributed by atoms with Gasteiger partial charge in [-0.2, -0.15) is 0 Å². The van der Waals surface area contributed by atoms with Gasteiger partial charge in [-0.15, -0.1) is 0 Å². The fourth-order valence-corrected chi connectivity index (χ4v) is 7.13. The molecule has 56 heavy (non-hydrogen) atoms. The molecule has 2 aliphatic carbocycles. The Balaban J connectivity index is 1.91. The Morgan fingerprint density at radius 3 is 1.66 bits per heavy atom. The normalized spacial score (nSPS) is 22.5. The third kappa shape index (κ3) is 17.7. The lowest BCUT2D eigenvalue weighted by Gasteiger charge is -2.39. The quantitative estimate of drug-likeness (QED) is 0.0801. The monoisotopic (exact) mass is 768 g/mol. The lowest BCUT2D eigenvalue weighted by atomic mass is 9.67. The summed E-state index contributed by atoms with van der Waals surface area (Å²) in [6.07, 6.45) is 31.9. The van der Waals surface area contributed by atoms with E-state index in [9.17, 15) is 19.2 Å². The molecule has 0 heterocycles. The van der Waals surface area contributed by atoms with Gasteiger partial charge in [0.05, 0.1) is 25.7 Å². The maximum atomic E-state index is 12.1. The van der Waals surface area contributed by atoms with Gasteiger partial charge in [-0.1, -0.05) is 146 Å². The molecule has 2 aliphatic rings. The summed E-state index contributed by atoms with van der Waals surface area (Å²) >= 11 is 0. The van der Waals surface area contributed by atoms with E-state index in [1.54, 1.807) is 0 Å². The van der Waals surface area contributed by atoms with Crippen molar-refractivity contribution in [1.82, 2.24) is 0 Å². The molecule has 0 radical (unpaired) electrons. The van der Waals surface area contributed by atoms with Crippen molar-refractivity contribution in [2.45, 2.75) is 126 Å². The van der Waals surface area contributed by atoms with Crippen LogP contribution >= 0.6 is 0 Å². The molecule has 0 saturated heterocycles. The lowest BCUT2D eigenvalue weighted by Crippen LogP contribution is -2.35. The number of rotatable bonds is 18. The first-order valence-corrected chi connectivity index (χ1v) is 19.5. The summed E-state index contributed by atoms with van der Waals surface area (Å²) in [5.41, 5.74) is 7.71. The molecule has 0 aliphatic heterocycles. The number of carbonyl (C=O) groups is 4. The number of hydrogen-bond acceptors (Lipinski definition) is 6. The average molecular weight is 769 g/mol. The Labute approximate surface area is 335 Å². The van der Waals surface area contributed by atoms with Crippen LogP contribution in [0.1, 0.15) is 114 Å². The Hall–Kier alpha value is -4.98. The van der Waals surface area contributed by atoms with Crippen LogP contribution in [-0.2, 0) is 28.7 Å². The van der Waals surface area contributed by atoms with Crippen LogP contribution < -0.4 is 0 Å². The fourth-order valence-electron chi connectivity index (χ4n) is 7.13. The second-order valence-electron chi connectivity index (χ2n) is 16.4. The molecule has 8 heteroatoms. The van der Waals surface area contributed by atoms with Gasteiger partial charge in [-0.3, -0.25) is 19.2 Å². The summed E-state index contributed by atoms with van der Waals surface area (Å²) in [6.45, 7) is 21.0. The highest BCUT2D eigenvalue weighted by Crippen LogP contribution is 2.43. The zero-order valence-electron chi connectivity index (χ0n) is 35.2. The van der Waals surface area contributed by atoms with E-state index in [1.165, 1.54) is 11.1 Å². The largest absolute Gasteiger partial charge is 0.481 e. The predicted octanol–water partition coefficient (Wildman–Crippen LogP) is 11.2. The number of carboxylic acids is 2. The molecule has 0 aromatic carbocycles. The van der Waals surface area contributed by atoms with E-state index in [1.807, 2.05) is 37.3 Å². The summed E-state index contributed by atoms with van der Waals surface area (Å²) in [4.78, 5) is 45.7. The summed E-state index contributed by atoms with van der Waals surface area (Å²) in [5, 5.41) is 17.6. The number of ether oxygens (including phenoxy) is 2. The lowest BCUT2D eigenvalue weighted by molar-refractivity contribution is -0.153. The molecule has 0 fully saturated rings.